The summed E-state index contributed by atoms with van der Waals surface area (Å²) in [4.78, 5) is 2.36. The van der Waals surface area contributed by atoms with E-state index >= 15 is 0 Å². The minimum atomic E-state index is -0.121. The van der Waals surface area contributed by atoms with Crippen molar-refractivity contribution in [1.29, 1.82) is 0 Å². The summed E-state index contributed by atoms with van der Waals surface area (Å²) < 4.78 is 0. The molecule has 0 spiro atoms. The van der Waals surface area contributed by atoms with E-state index in [1.54, 1.807) is 0 Å². The number of benzene rings is 1. The third kappa shape index (κ3) is 4.00. The Labute approximate surface area is 115 Å². The van der Waals surface area contributed by atoms with Crippen LogP contribution >= 0.6 is 0 Å². The topological polar surface area (TPSA) is 35.5 Å². The van der Waals surface area contributed by atoms with Crippen LogP contribution < -0.4 is 10.2 Å². The van der Waals surface area contributed by atoms with Crippen molar-refractivity contribution >= 4 is 11.4 Å². The number of nitrogens with zero attached hydrogens (tertiary/aromatic N) is 1. The highest BCUT2D eigenvalue weighted by molar-refractivity contribution is 5.70. The van der Waals surface area contributed by atoms with E-state index in [0.29, 0.717) is 0 Å². The maximum atomic E-state index is 9.59. The number of aliphatic hydroxyl groups is 1. The number of unbranched alkanes of at least 4 members (excludes halogenated alkanes) is 1. The molecule has 1 fully saturated rings. The van der Waals surface area contributed by atoms with E-state index < -0.39 is 0 Å². The molecule has 104 valence electrons. The summed E-state index contributed by atoms with van der Waals surface area (Å²) in [6.45, 7) is 6.59. The third-order valence-corrected chi connectivity index (χ3v) is 3.61. The van der Waals surface area contributed by atoms with Gasteiger partial charge in [0.05, 0.1) is 17.5 Å². The van der Waals surface area contributed by atoms with Gasteiger partial charge in [-0.15, -0.1) is 6.58 Å². The number of para-hydroxylation sites is 2. The smallest absolute Gasteiger partial charge is 0.0602 e. The normalized spacial score (nSPS) is 16.4. The number of hydrogen-bond acceptors (Lipinski definition) is 3. The highest BCUT2D eigenvalue weighted by Gasteiger charge is 2.18. The first-order valence-electron chi connectivity index (χ1n) is 7.18. The van der Waals surface area contributed by atoms with E-state index in [2.05, 4.69) is 41.1 Å². The molecule has 0 amide bonds. The zero-order valence-corrected chi connectivity index (χ0v) is 11.5. The van der Waals surface area contributed by atoms with Crippen LogP contribution in [-0.4, -0.2) is 30.8 Å². The lowest BCUT2D eigenvalue weighted by Crippen LogP contribution is -2.36. The number of hydrogen-bond donors (Lipinski definition) is 2. The lowest BCUT2D eigenvalue weighted by atomic mass is 10.1. The second-order valence-electron chi connectivity index (χ2n) is 5.09. The van der Waals surface area contributed by atoms with Crippen molar-refractivity contribution in [3.05, 3.63) is 36.9 Å². The van der Waals surface area contributed by atoms with E-state index in [1.807, 2.05) is 6.08 Å². The molecule has 19 heavy (non-hydrogen) atoms. The predicted molar refractivity (Wildman–Crippen MR) is 81.8 cm³/mol. The molecule has 3 heteroatoms. The SMILES string of the molecule is C=CCCCNc1ccccc1N1CCC(O)CC1. The fourth-order valence-electron chi connectivity index (χ4n) is 2.48. The summed E-state index contributed by atoms with van der Waals surface area (Å²) in [7, 11) is 0. The maximum absolute atomic E-state index is 9.59. The Bertz CT molecular complexity index is 397. The standard InChI is InChI=1S/C16H24N2O/c1-2-3-6-11-17-15-7-4-5-8-16(15)18-12-9-14(19)10-13-18/h2,4-5,7-8,14,17,19H,1,3,6,9-13H2. The van der Waals surface area contributed by atoms with Crippen LogP contribution in [0.3, 0.4) is 0 Å². The number of aliphatic hydroxyl groups excluding tert-OH is 1. The largest absolute Gasteiger partial charge is 0.393 e. The lowest BCUT2D eigenvalue weighted by Gasteiger charge is -2.33. The highest BCUT2D eigenvalue weighted by Crippen LogP contribution is 2.28. The van der Waals surface area contributed by atoms with Gasteiger partial charge < -0.3 is 15.3 Å². The fourth-order valence-corrected chi connectivity index (χ4v) is 2.48. The van der Waals surface area contributed by atoms with E-state index in [9.17, 15) is 5.11 Å². The van der Waals surface area contributed by atoms with E-state index in [1.165, 1.54) is 11.4 Å². The van der Waals surface area contributed by atoms with E-state index in [4.69, 9.17) is 0 Å². The minimum Gasteiger partial charge on any atom is -0.393 e. The molecule has 1 aromatic carbocycles. The van der Waals surface area contributed by atoms with Crippen LogP contribution in [-0.2, 0) is 0 Å². The van der Waals surface area contributed by atoms with Crippen LogP contribution in [0, 0.1) is 0 Å². The van der Waals surface area contributed by atoms with Crippen LogP contribution in [0.5, 0.6) is 0 Å². The maximum Gasteiger partial charge on any atom is 0.0602 e. The summed E-state index contributed by atoms with van der Waals surface area (Å²) in [6, 6.07) is 8.44. The number of nitrogens with one attached hydrogen (secondary N) is 1. The summed E-state index contributed by atoms with van der Waals surface area (Å²) in [6.07, 6.45) is 5.72. The van der Waals surface area contributed by atoms with Crippen molar-refractivity contribution in [3.63, 3.8) is 0 Å². The molecule has 2 N–H and O–H groups in total. The Morgan fingerprint density at radius 2 is 2.05 bits per heavy atom. The van der Waals surface area contributed by atoms with Gasteiger partial charge in [-0.1, -0.05) is 18.2 Å². The minimum absolute atomic E-state index is 0.121. The van der Waals surface area contributed by atoms with Gasteiger partial charge in [-0.2, -0.15) is 0 Å². The second-order valence-corrected chi connectivity index (χ2v) is 5.09. The van der Waals surface area contributed by atoms with Crippen molar-refractivity contribution in [3.8, 4) is 0 Å². The molecule has 1 aliphatic rings. The molecule has 1 aromatic rings. The highest BCUT2D eigenvalue weighted by atomic mass is 16.3. The summed E-state index contributed by atoms with van der Waals surface area (Å²) in [5.41, 5.74) is 2.45. The third-order valence-electron chi connectivity index (χ3n) is 3.61. The molecule has 2 rings (SSSR count). The fraction of sp³-hybridized carbons (Fsp3) is 0.500. The molecule has 0 aromatic heterocycles. The van der Waals surface area contributed by atoms with Crippen molar-refractivity contribution < 1.29 is 5.11 Å². The average Bonchev–Trinajstić information content (AvgIpc) is 2.45. The van der Waals surface area contributed by atoms with E-state index in [0.717, 1.165) is 45.3 Å². The van der Waals surface area contributed by atoms with E-state index in [-0.39, 0.29) is 6.10 Å². The Morgan fingerprint density at radius 3 is 2.79 bits per heavy atom. The van der Waals surface area contributed by atoms with Gasteiger partial charge in [-0.25, -0.2) is 0 Å². The summed E-state index contributed by atoms with van der Waals surface area (Å²) in [5.74, 6) is 0. The molecule has 0 aliphatic carbocycles. The monoisotopic (exact) mass is 260 g/mol. The molecule has 0 bridgehead atoms. The van der Waals surface area contributed by atoms with Crippen LogP contribution in [0.4, 0.5) is 11.4 Å². The van der Waals surface area contributed by atoms with Crippen LogP contribution in [0.15, 0.2) is 36.9 Å². The van der Waals surface area contributed by atoms with Crippen LogP contribution in [0.1, 0.15) is 25.7 Å². The zero-order chi connectivity index (χ0) is 13.5. The van der Waals surface area contributed by atoms with Crippen molar-refractivity contribution in [1.82, 2.24) is 0 Å². The number of anilines is 2. The first kappa shape index (κ1) is 13.9. The van der Waals surface area contributed by atoms with Gasteiger partial charge >= 0.3 is 0 Å². The Hall–Kier alpha value is -1.48. The van der Waals surface area contributed by atoms with Gasteiger partial charge in [0.15, 0.2) is 0 Å². The molecular formula is C16H24N2O. The number of piperidine rings is 1. The molecule has 0 radical (unpaired) electrons. The molecule has 0 atom stereocenters. The average molecular weight is 260 g/mol. The van der Waals surface area contributed by atoms with Crippen LogP contribution in [0.2, 0.25) is 0 Å². The van der Waals surface area contributed by atoms with Gasteiger partial charge in [0.25, 0.3) is 0 Å². The summed E-state index contributed by atoms with van der Waals surface area (Å²) >= 11 is 0. The van der Waals surface area contributed by atoms with Gasteiger partial charge in [0, 0.05) is 19.6 Å². The Balaban J connectivity index is 1.97. The Kier molecular flexibility index (Phi) is 5.28. The van der Waals surface area contributed by atoms with Gasteiger partial charge in [-0.3, -0.25) is 0 Å². The van der Waals surface area contributed by atoms with Crippen molar-refractivity contribution in [2.24, 2.45) is 0 Å². The number of allylic oxidation sites excluding steroid dienone is 1. The predicted octanol–water partition coefficient (Wildman–Crippen LogP) is 3.03. The summed E-state index contributed by atoms with van der Waals surface area (Å²) in [5, 5.41) is 13.1. The zero-order valence-electron chi connectivity index (χ0n) is 11.5. The second kappa shape index (κ2) is 7.19. The number of rotatable bonds is 6. The van der Waals surface area contributed by atoms with Crippen molar-refractivity contribution in [2.45, 2.75) is 31.8 Å². The molecule has 0 saturated carbocycles. The molecular weight excluding hydrogens is 236 g/mol. The van der Waals surface area contributed by atoms with Gasteiger partial charge in [-0.05, 0) is 37.8 Å². The molecule has 1 aliphatic heterocycles. The molecule has 3 nitrogen and oxygen atoms in total. The van der Waals surface area contributed by atoms with Gasteiger partial charge in [0.1, 0.15) is 0 Å². The lowest BCUT2D eigenvalue weighted by molar-refractivity contribution is 0.145. The molecule has 1 saturated heterocycles. The Morgan fingerprint density at radius 1 is 1.32 bits per heavy atom. The van der Waals surface area contributed by atoms with Gasteiger partial charge in [0.2, 0.25) is 0 Å². The molecule has 0 unspecified atom stereocenters. The van der Waals surface area contributed by atoms with Crippen LogP contribution in [0.25, 0.3) is 0 Å². The quantitative estimate of drug-likeness (QED) is 0.609. The molecule has 1 heterocycles. The first-order valence-corrected chi connectivity index (χ1v) is 7.18. The van der Waals surface area contributed by atoms with Crippen molar-refractivity contribution in [2.75, 3.05) is 29.9 Å². The first-order chi connectivity index (χ1) is 9.31.